The van der Waals surface area contributed by atoms with Gasteiger partial charge in [0, 0.05) is 34.6 Å². The van der Waals surface area contributed by atoms with Gasteiger partial charge >= 0.3 is 12.1 Å². The molecular weight excluding hydrogens is 264 g/mol. The van der Waals surface area contributed by atoms with E-state index in [-0.39, 0.29) is 26.8 Å². The molecule has 0 aliphatic rings. The van der Waals surface area contributed by atoms with Gasteiger partial charge in [-0.2, -0.15) is 0 Å². The highest BCUT2D eigenvalue weighted by Crippen LogP contribution is 1.68. The fourth-order valence-corrected chi connectivity index (χ4v) is 0.404. The van der Waals surface area contributed by atoms with Crippen molar-refractivity contribution in [2.24, 2.45) is 0 Å². The van der Waals surface area contributed by atoms with Gasteiger partial charge in [0.1, 0.15) is 0 Å². The molecule has 0 radical (unpaired) electrons. The molecule has 0 fully saturated rings. The second-order valence-electron chi connectivity index (χ2n) is 2.60. The van der Waals surface area contributed by atoms with Crippen molar-refractivity contribution in [2.75, 3.05) is 35.3 Å². The zero-order valence-corrected chi connectivity index (χ0v) is 11.8. The van der Waals surface area contributed by atoms with Crippen molar-refractivity contribution < 1.29 is 19.1 Å². The summed E-state index contributed by atoms with van der Waals surface area (Å²) in [6, 6.07) is -0.157. The van der Waals surface area contributed by atoms with E-state index in [9.17, 15) is 14.4 Å². The van der Waals surface area contributed by atoms with Crippen LogP contribution in [0.4, 0.5) is 9.59 Å². The SMILES string of the molecule is C.C.CCC(=O)NC.CNC(=O)NC.CNC(=O)OC. The van der Waals surface area contributed by atoms with Gasteiger partial charge in [0.15, 0.2) is 0 Å². The fraction of sp³-hybridized carbons (Fsp3) is 0.750. The Hall–Kier alpha value is -1.99. The van der Waals surface area contributed by atoms with Crippen LogP contribution in [0, 0.1) is 0 Å². The molecule has 4 N–H and O–H groups in total. The van der Waals surface area contributed by atoms with Crippen molar-refractivity contribution in [3.8, 4) is 0 Å². The molecule has 0 saturated heterocycles. The summed E-state index contributed by atoms with van der Waals surface area (Å²) in [5, 5.41) is 9.46. The molecule has 0 aliphatic carbocycles. The molecule has 124 valence electrons. The molecule has 0 unspecified atom stereocenters. The summed E-state index contributed by atoms with van der Waals surface area (Å²) in [6.07, 6.45) is 0.172. The van der Waals surface area contributed by atoms with Gasteiger partial charge < -0.3 is 26.0 Å². The third-order valence-electron chi connectivity index (χ3n) is 1.44. The molecule has 0 atom stereocenters. The Morgan fingerprint density at radius 3 is 1.25 bits per heavy atom. The van der Waals surface area contributed by atoms with Crippen molar-refractivity contribution in [3.05, 3.63) is 0 Å². The molecule has 0 aromatic rings. The number of hydrogen-bond donors (Lipinski definition) is 4. The highest BCUT2D eigenvalue weighted by atomic mass is 16.5. The number of urea groups is 1. The molecule has 0 aromatic heterocycles. The average Bonchev–Trinajstić information content (AvgIpc) is 2.45. The molecule has 0 aliphatic heterocycles. The average molecular weight is 296 g/mol. The van der Waals surface area contributed by atoms with Gasteiger partial charge in [0.25, 0.3) is 0 Å². The first-order chi connectivity index (χ1) is 8.42. The fourth-order valence-electron chi connectivity index (χ4n) is 0.404. The summed E-state index contributed by atoms with van der Waals surface area (Å²) < 4.78 is 4.15. The van der Waals surface area contributed by atoms with Crippen LogP contribution in [-0.2, 0) is 9.53 Å². The minimum atomic E-state index is -0.407. The van der Waals surface area contributed by atoms with E-state index in [1.165, 1.54) is 14.2 Å². The Labute approximate surface area is 123 Å². The van der Waals surface area contributed by atoms with Crippen LogP contribution in [0.3, 0.4) is 0 Å². The zero-order valence-electron chi connectivity index (χ0n) is 11.8. The van der Waals surface area contributed by atoms with E-state index in [1.54, 1.807) is 21.1 Å². The van der Waals surface area contributed by atoms with E-state index in [1.807, 2.05) is 6.92 Å². The third kappa shape index (κ3) is 36.0. The maximum absolute atomic E-state index is 10.1. The van der Waals surface area contributed by atoms with Crippen LogP contribution in [0.15, 0.2) is 0 Å². The molecule has 0 aromatic carbocycles. The van der Waals surface area contributed by atoms with E-state index >= 15 is 0 Å². The molecule has 0 spiro atoms. The zero-order chi connectivity index (χ0) is 15.0. The molecule has 8 nitrogen and oxygen atoms in total. The van der Waals surface area contributed by atoms with Gasteiger partial charge in [-0.25, -0.2) is 9.59 Å². The normalized spacial score (nSPS) is 6.50. The number of nitrogens with one attached hydrogen (secondary N) is 4. The lowest BCUT2D eigenvalue weighted by Gasteiger charge is -1.91. The van der Waals surface area contributed by atoms with Crippen LogP contribution >= 0.6 is 0 Å². The van der Waals surface area contributed by atoms with Crippen LogP contribution < -0.4 is 21.3 Å². The first-order valence-corrected chi connectivity index (χ1v) is 5.29. The molecule has 4 amide bonds. The number of methoxy groups -OCH3 is 1. The van der Waals surface area contributed by atoms with Crippen LogP contribution in [-0.4, -0.2) is 53.3 Å². The lowest BCUT2D eigenvalue weighted by Crippen LogP contribution is -2.28. The van der Waals surface area contributed by atoms with E-state index in [2.05, 4.69) is 26.0 Å². The minimum Gasteiger partial charge on any atom is -0.453 e. The topological polar surface area (TPSA) is 109 Å². The largest absolute Gasteiger partial charge is 0.453 e. The number of rotatable bonds is 1. The second-order valence-corrected chi connectivity index (χ2v) is 2.60. The van der Waals surface area contributed by atoms with E-state index in [4.69, 9.17) is 0 Å². The van der Waals surface area contributed by atoms with Crippen molar-refractivity contribution in [2.45, 2.75) is 28.2 Å². The summed E-state index contributed by atoms with van der Waals surface area (Å²) in [7, 11) is 7.59. The van der Waals surface area contributed by atoms with Crippen LogP contribution in [0.2, 0.25) is 0 Å². The summed E-state index contributed by atoms with van der Waals surface area (Å²) >= 11 is 0. The van der Waals surface area contributed by atoms with Crippen LogP contribution in [0.1, 0.15) is 28.2 Å². The predicted octanol–water partition coefficient (Wildman–Crippen LogP) is 0.932. The molecule has 0 saturated carbocycles. The van der Waals surface area contributed by atoms with Crippen molar-refractivity contribution in [3.63, 3.8) is 0 Å². The van der Waals surface area contributed by atoms with E-state index in [0.29, 0.717) is 6.42 Å². The van der Waals surface area contributed by atoms with Gasteiger partial charge in [-0.3, -0.25) is 4.79 Å². The highest BCUT2D eigenvalue weighted by molar-refractivity contribution is 5.75. The maximum atomic E-state index is 10.1. The summed E-state index contributed by atoms with van der Waals surface area (Å²) in [4.78, 5) is 29.9. The number of alkyl carbamates (subject to hydrolysis) is 1. The van der Waals surface area contributed by atoms with Gasteiger partial charge in [-0.1, -0.05) is 21.8 Å². The molecule has 8 heteroatoms. The third-order valence-corrected chi connectivity index (χ3v) is 1.44. The first-order valence-electron chi connectivity index (χ1n) is 5.29. The Kier molecular flexibility index (Phi) is 39.7. The number of carbonyl (C=O) groups is 3. The number of ether oxygens (including phenoxy) is 1. The first kappa shape index (κ1) is 30.8. The summed E-state index contributed by atoms with van der Waals surface area (Å²) in [5.41, 5.74) is 0. The number of hydrogen-bond acceptors (Lipinski definition) is 4. The highest BCUT2D eigenvalue weighted by Gasteiger charge is 1.85. The van der Waals surface area contributed by atoms with Gasteiger partial charge in [0.05, 0.1) is 7.11 Å². The van der Waals surface area contributed by atoms with Crippen molar-refractivity contribution >= 4 is 18.0 Å². The number of carbonyl (C=O) groups excluding carboxylic acids is 3. The van der Waals surface area contributed by atoms with E-state index in [0.717, 1.165) is 0 Å². The molecule has 0 rings (SSSR count). The van der Waals surface area contributed by atoms with E-state index < -0.39 is 6.09 Å². The molecule has 0 bridgehead atoms. The smallest absolute Gasteiger partial charge is 0.406 e. The second kappa shape index (κ2) is 25.8. The van der Waals surface area contributed by atoms with Gasteiger partial charge in [-0.15, -0.1) is 0 Å². The Bertz CT molecular complexity index is 179. The predicted molar refractivity (Wildman–Crippen MR) is 82.8 cm³/mol. The molecular formula is C12H32N4O4. The Morgan fingerprint density at radius 1 is 0.850 bits per heavy atom. The summed E-state index contributed by atoms with van der Waals surface area (Å²) in [5.74, 6) is 0.0926. The lowest BCUT2D eigenvalue weighted by atomic mass is 10.5. The standard InChI is InChI=1S/C4H9NO.C3H8N2O.C3H7NO2.2CH4/c1-3-4(6)5-2;1-4-3(6)5-2;1-4-3(5)6-2;;/h3H2,1-2H3,(H,5,6);1-2H3,(H2,4,5,6);1-2H3,(H,4,5);2*1H4. The lowest BCUT2D eigenvalue weighted by molar-refractivity contribution is -0.120. The Balaban J connectivity index is -0.0000000536. The van der Waals surface area contributed by atoms with Crippen LogP contribution in [0.25, 0.3) is 0 Å². The monoisotopic (exact) mass is 296 g/mol. The van der Waals surface area contributed by atoms with Gasteiger partial charge in [-0.05, 0) is 0 Å². The van der Waals surface area contributed by atoms with Gasteiger partial charge in [0.2, 0.25) is 5.91 Å². The molecule has 0 heterocycles. The van der Waals surface area contributed by atoms with Crippen molar-refractivity contribution in [1.29, 1.82) is 0 Å². The minimum absolute atomic E-state index is 0. The quantitative estimate of drug-likeness (QED) is 0.577. The number of amides is 4. The van der Waals surface area contributed by atoms with Crippen molar-refractivity contribution in [1.82, 2.24) is 21.3 Å². The summed E-state index contributed by atoms with van der Waals surface area (Å²) in [6.45, 7) is 1.82. The maximum Gasteiger partial charge on any atom is 0.406 e. The molecule has 20 heavy (non-hydrogen) atoms. The Morgan fingerprint density at radius 2 is 1.25 bits per heavy atom. The van der Waals surface area contributed by atoms with Crippen LogP contribution in [0.5, 0.6) is 0 Å².